The first-order valence-corrected chi connectivity index (χ1v) is 9.50. The molecule has 5 rings (SSSR count). The Hall–Kier alpha value is -1.92. The summed E-state index contributed by atoms with van der Waals surface area (Å²) in [5.74, 6) is 0.771. The SMILES string of the molecule is C1=C(c2cc(N3CC(CN4CCCC4)C3)c3nonc3c2)CNCC1. The van der Waals surface area contributed by atoms with Gasteiger partial charge in [0, 0.05) is 32.1 Å². The van der Waals surface area contributed by atoms with Crippen molar-refractivity contribution in [2.75, 3.05) is 50.7 Å². The fourth-order valence-electron chi connectivity index (χ4n) is 4.37. The Kier molecular flexibility index (Phi) is 3.94. The first-order valence-electron chi connectivity index (χ1n) is 9.50. The molecular weight excluding hydrogens is 314 g/mol. The Morgan fingerprint density at radius 2 is 2.04 bits per heavy atom. The lowest BCUT2D eigenvalue weighted by molar-refractivity contribution is 0.247. The van der Waals surface area contributed by atoms with Crippen LogP contribution in [0.3, 0.4) is 0 Å². The third-order valence-electron chi connectivity index (χ3n) is 5.75. The summed E-state index contributed by atoms with van der Waals surface area (Å²) in [5, 5.41) is 11.7. The predicted molar refractivity (Wildman–Crippen MR) is 98.6 cm³/mol. The van der Waals surface area contributed by atoms with Crippen LogP contribution in [-0.2, 0) is 0 Å². The van der Waals surface area contributed by atoms with Gasteiger partial charge in [-0.15, -0.1) is 0 Å². The summed E-state index contributed by atoms with van der Waals surface area (Å²) in [6, 6.07) is 4.38. The number of fused-ring (bicyclic) bond motifs is 1. The summed E-state index contributed by atoms with van der Waals surface area (Å²) < 4.78 is 5.03. The number of benzene rings is 1. The first kappa shape index (κ1) is 15.3. The quantitative estimate of drug-likeness (QED) is 0.921. The summed E-state index contributed by atoms with van der Waals surface area (Å²) in [6.45, 7) is 8.02. The molecule has 0 atom stereocenters. The van der Waals surface area contributed by atoms with E-state index in [1.165, 1.54) is 49.3 Å². The van der Waals surface area contributed by atoms with Gasteiger partial charge in [-0.1, -0.05) is 6.08 Å². The molecule has 0 radical (unpaired) electrons. The molecule has 1 aromatic carbocycles. The maximum Gasteiger partial charge on any atom is 0.158 e. The average Bonchev–Trinajstić information content (AvgIpc) is 3.29. The molecule has 1 N–H and O–H groups in total. The Morgan fingerprint density at radius 3 is 2.84 bits per heavy atom. The van der Waals surface area contributed by atoms with E-state index >= 15 is 0 Å². The Balaban J connectivity index is 1.37. The van der Waals surface area contributed by atoms with Crippen LogP contribution in [0.4, 0.5) is 5.69 Å². The highest BCUT2D eigenvalue weighted by molar-refractivity contribution is 5.92. The number of nitrogens with one attached hydrogen (secondary N) is 1. The van der Waals surface area contributed by atoms with Crippen LogP contribution in [0.15, 0.2) is 22.8 Å². The van der Waals surface area contributed by atoms with E-state index in [9.17, 15) is 0 Å². The standard InChI is InChI=1S/C19H25N5O/c1-2-7-23(6-1)11-14-12-24(13-14)18-9-16(15-4-3-5-20-10-15)8-17-19(18)22-25-21-17/h4,8-9,14,20H,1-3,5-7,10-13H2. The molecule has 1 aromatic heterocycles. The van der Waals surface area contributed by atoms with E-state index in [1.807, 2.05) is 0 Å². The number of hydrogen-bond acceptors (Lipinski definition) is 6. The zero-order valence-corrected chi connectivity index (χ0v) is 14.6. The van der Waals surface area contributed by atoms with Gasteiger partial charge in [-0.2, -0.15) is 0 Å². The summed E-state index contributed by atoms with van der Waals surface area (Å²) >= 11 is 0. The second kappa shape index (κ2) is 6.42. The maximum atomic E-state index is 5.03. The summed E-state index contributed by atoms with van der Waals surface area (Å²) in [4.78, 5) is 5.05. The Bertz CT molecular complexity index is 786. The van der Waals surface area contributed by atoms with Crippen molar-refractivity contribution in [1.82, 2.24) is 20.5 Å². The molecule has 3 aliphatic heterocycles. The minimum Gasteiger partial charge on any atom is -0.369 e. The molecule has 0 amide bonds. The van der Waals surface area contributed by atoms with Crippen molar-refractivity contribution in [3.63, 3.8) is 0 Å². The molecule has 2 saturated heterocycles. The van der Waals surface area contributed by atoms with Crippen LogP contribution in [-0.4, -0.2) is 61.0 Å². The third-order valence-corrected chi connectivity index (χ3v) is 5.75. The van der Waals surface area contributed by atoms with Crippen LogP contribution in [0.2, 0.25) is 0 Å². The van der Waals surface area contributed by atoms with Gasteiger partial charge >= 0.3 is 0 Å². The molecule has 3 aliphatic rings. The maximum absolute atomic E-state index is 5.03. The topological polar surface area (TPSA) is 57.4 Å². The van der Waals surface area contributed by atoms with Crippen LogP contribution in [0, 0.1) is 5.92 Å². The van der Waals surface area contributed by atoms with Gasteiger partial charge in [-0.05, 0) is 72.5 Å². The van der Waals surface area contributed by atoms with Crippen LogP contribution < -0.4 is 10.2 Å². The highest BCUT2D eigenvalue weighted by Crippen LogP contribution is 2.34. The monoisotopic (exact) mass is 339 g/mol. The molecule has 2 fully saturated rings. The molecule has 0 unspecified atom stereocenters. The smallest absolute Gasteiger partial charge is 0.158 e. The van der Waals surface area contributed by atoms with Crippen molar-refractivity contribution >= 4 is 22.3 Å². The van der Waals surface area contributed by atoms with Gasteiger partial charge in [0.15, 0.2) is 5.52 Å². The van der Waals surface area contributed by atoms with Crippen molar-refractivity contribution < 1.29 is 4.63 Å². The highest BCUT2D eigenvalue weighted by atomic mass is 16.6. The molecule has 6 heteroatoms. The van der Waals surface area contributed by atoms with E-state index in [0.29, 0.717) is 0 Å². The first-order chi connectivity index (χ1) is 12.4. The second-order valence-corrected chi connectivity index (χ2v) is 7.60. The zero-order chi connectivity index (χ0) is 16.6. The summed E-state index contributed by atoms with van der Waals surface area (Å²) in [5.41, 5.74) is 5.53. The number of nitrogens with zero attached hydrogens (tertiary/aromatic N) is 4. The van der Waals surface area contributed by atoms with Gasteiger partial charge in [0.25, 0.3) is 0 Å². The van der Waals surface area contributed by atoms with Crippen LogP contribution >= 0.6 is 0 Å². The van der Waals surface area contributed by atoms with Gasteiger partial charge in [-0.25, -0.2) is 4.63 Å². The fraction of sp³-hybridized carbons (Fsp3) is 0.579. The van der Waals surface area contributed by atoms with E-state index < -0.39 is 0 Å². The van der Waals surface area contributed by atoms with Crippen molar-refractivity contribution in [3.8, 4) is 0 Å². The molecule has 2 aromatic rings. The number of rotatable bonds is 4. The van der Waals surface area contributed by atoms with E-state index in [2.05, 4.69) is 43.6 Å². The molecular formula is C19H25N5O. The molecule has 0 bridgehead atoms. The lowest BCUT2D eigenvalue weighted by atomic mass is 9.96. The molecule has 25 heavy (non-hydrogen) atoms. The molecule has 4 heterocycles. The van der Waals surface area contributed by atoms with E-state index in [0.717, 1.165) is 49.6 Å². The highest BCUT2D eigenvalue weighted by Gasteiger charge is 2.31. The normalized spacial score (nSPS) is 22.4. The fourth-order valence-corrected chi connectivity index (χ4v) is 4.37. The van der Waals surface area contributed by atoms with Gasteiger partial charge in [0.1, 0.15) is 5.52 Å². The lowest BCUT2D eigenvalue weighted by Gasteiger charge is -2.42. The van der Waals surface area contributed by atoms with Crippen LogP contribution in [0.25, 0.3) is 16.6 Å². The van der Waals surface area contributed by atoms with E-state index in [1.54, 1.807) is 0 Å². The molecule has 0 aliphatic carbocycles. The van der Waals surface area contributed by atoms with Crippen LogP contribution in [0.5, 0.6) is 0 Å². The largest absolute Gasteiger partial charge is 0.369 e. The van der Waals surface area contributed by atoms with Crippen molar-refractivity contribution in [2.24, 2.45) is 5.92 Å². The minimum absolute atomic E-state index is 0.771. The number of anilines is 1. The number of aromatic nitrogens is 2. The summed E-state index contributed by atoms with van der Waals surface area (Å²) in [6.07, 6.45) is 6.16. The van der Waals surface area contributed by atoms with Gasteiger partial charge in [0.2, 0.25) is 0 Å². The zero-order valence-electron chi connectivity index (χ0n) is 14.6. The number of likely N-dealkylation sites (tertiary alicyclic amines) is 1. The van der Waals surface area contributed by atoms with Crippen molar-refractivity contribution in [3.05, 3.63) is 23.8 Å². The van der Waals surface area contributed by atoms with Crippen molar-refractivity contribution in [1.29, 1.82) is 0 Å². The molecule has 132 valence electrons. The van der Waals surface area contributed by atoms with Gasteiger partial charge < -0.3 is 15.1 Å². The third kappa shape index (κ3) is 2.93. The Labute approximate surface area is 147 Å². The molecule has 0 saturated carbocycles. The van der Waals surface area contributed by atoms with Crippen LogP contribution in [0.1, 0.15) is 24.8 Å². The van der Waals surface area contributed by atoms with E-state index in [-0.39, 0.29) is 0 Å². The summed E-state index contributed by atoms with van der Waals surface area (Å²) in [7, 11) is 0. The van der Waals surface area contributed by atoms with Gasteiger partial charge in [0.05, 0.1) is 5.69 Å². The molecule has 0 spiro atoms. The lowest BCUT2D eigenvalue weighted by Crippen LogP contribution is -2.51. The minimum atomic E-state index is 0.771. The van der Waals surface area contributed by atoms with E-state index in [4.69, 9.17) is 4.63 Å². The second-order valence-electron chi connectivity index (χ2n) is 7.60. The molecule has 6 nitrogen and oxygen atoms in total. The number of hydrogen-bond donors (Lipinski definition) is 1. The van der Waals surface area contributed by atoms with Gasteiger partial charge in [-0.3, -0.25) is 0 Å². The Morgan fingerprint density at radius 1 is 1.16 bits per heavy atom. The average molecular weight is 339 g/mol. The predicted octanol–water partition coefficient (Wildman–Crippen LogP) is 2.13. The van der Waals surface area contributed by atoms with Crippen molar-refractivity contribution in [2.45, 2.75) is 19.3 Å².